The van der Waals surface area contributed by atoms with Crippen LogP contribution in [0.25, 0.3) is 0 Å². The lowest BCUT2D eigenvalue weighted by atomic mass is 9.89. The first-order chi connectivity index (χ1) is 18.9. The zero-order valence-corrected chi connectivity index (χ0v) is 21.3. The lowest BCUT2D eigenvalue weighted by molar-refractivity contribution is -0.137. The fourth-order valence-corrected chi connectivity index (χ4v) is 4.87. The summed E-state index contributed by atoms with van der Waals surface area (Å²) < 4.78 is 5.42. The number of hydrogen-bond acceptors (Lipinski definition) is 7. The summed E-state index contributed by atoms with van der Waals surface area (Å²) in [6.45, 7) is 3.12. The topological polar surface area (TPSA) is 131 Å². The van der Waals surface area contributed by atoms with Gasteiger partial charge in [-0.3, -0.25) is 14.4 Å². The van der Waals surface area contributed by atoms with Crippen molar-refractivity contribution in [3.63, 3.8) is 0 Å². The SMILES string of the molecule is O=C(O)CCNC(=O)C1=C(O)C2=CC(c3ccc(N4CCOCC4)cc3)C(=O)NC2=CN1Cc1ccccc1. The monoisotopic (exact) mass is 530 g/mol. The summed E-state index contributed by atoms with van der Waals surface area (Å²) in [5.41, 5.74) is 3.38. The first-order valence-electron chi connectivity index (χ1n) is 12.8. The van der Waals surface area contributed by atoms with Gasteiger partial charge in [-0.1, -0.05) is 48.5 Å². The van der Waals surface area contributed by atoms with E-state index in [-0.39, 0.29) is 36.9 Å². The molecule has 39 heavy (non-hydrogen) atoms. The first kappa shape index (κ1) is 26.1. The number of hydrogen-bond donors (Lipinski definition) is 4. The van der Waals surface area contributed by atoms with Gasteiger partial charge in [0.2, 0.25) is 5.91 Å². The van der Waals surface area contributed by atoms with Crippen molar-refractivity contribution in [3.8, 4) is 0 Å². The first-order valence-corrected chi connectivity index (χ1v) is 12.8. The molecule has 4 N–H and O–H groups in total. The Morgan fingerprint density at radius 3 is 2.46 bits per heavy atom. The number of aliphatic hydroxyl groups excluding tert-OH is 1. The number of carboxylic acid groups (broad SMARTS) is 1. The molecule has 202 valence electrons. The molecule has 1 fully saturated rings. The standard InChI is InChI=1S/C29H30N4O6/c34-25(35)10-11-30-29(38)26-27(36)23-16-22(20-6-8-21(9-7-20)32-12-14-39-15-13-32)28(37)31-24(23)18-33(26)17-19-4-2-1-3-5-19/h1-9,16,18,22,36H,10-15,17H2,(H,30,38)(H,31,37)(H,34,35). The smallest absolute Gasteiger partial charge is 0.305 e. The number of carbonyl (C=O) groups excluding carboxylic acids is 2. The van der Waals surface area contributed by atoms with Gasteiger partial charge in [0, 0.05) is 43.6 Å². The van der Waals surface area contributed by atoms with E-state index < -0.39 is 17.8 Å². The molecule has 2 aromatic carbocycles. The molecule has 0 saturated carbocycles. The number of fused-ring (bicyclic) bond motifs is 1. The molecule has 0 aromatic heterocycles. The lowest BCUT2D eigenvalue weighted by Crippen LogP contribution is -2.41. The molecule has 0 aliphatic carbocycles. The molecule has 10 nitrogen and oxygen atoms in total. The quantitative estimate of drug-likeness (QED) is 0.409. The van der Waals surface area contributed by atoms with Crippen molar-refractivity contribution in [2.45, 2.75) is 18.9 Å². The summed E-state index contributed by atoms with van der Waals surface area (Å²) in [7, 11) is 0. The molecule has 1 atom stereocenters. The van der Waals surface area contributed by atoms with Gasteiger partial charge in [0.15, 0.2) is 5.76 Å². The number of rotatable bonds is 8. The number of aliphatic carboxylic acids is 1. The van der Waals surface area contributed by atoms with E-state index in [2.05, 4.69) is 15.5 Å². The number of nitrogens with one attached hydrogen (secondary N) is 2. The number of nitrogens with zero attached hydrogens (tertiary/aromatic N) is 2. The summed E-state index contributed by atoms with van der Waals surface area (Å²) in [6.07, 6.45) is 3.04. The number of benzene rings is 2. The fraction of sp³-hybridized carbons (Fsp3) is 0.276. The number of anilines is 1. The predicted molar refractivity (Wildman–Crippen MR) is 143 cm³/mol. The molecule has 2 aromatic rings. The molecular weight excluding hydrogens is 500 g/mol. The van der Waals surface area contributed by atoms with Crippen LogP contribution in [-0.4, -0.2) is 65.7 Å². The highest BCUT2D eigenvalue weighted by molar-refractivity contribution is 5.97. The van der Waals surface area contributed by atoms with Crippen LogP contribution in [-0.2, 0) is 25.7 Å². The van der Waals surface area contributed by atoms with Crippen molar-refractivity contribution in [1.29, 1.82) is 0 Å². The van der Waals surface area contributed by atoms with Crippen molar-refractivity contribution >= 4 is 23.5 Å². The maximum atomic E-state index is 13.2. The number of morpholine rings is 1. The second-order valence-corrected chi connectivity index (χ2v) is 9.49. The van der Waals surface area contributed by atoms with E-state index in [1.165, 1.54) is 0 Å². The zero-order valence-electron chi connectivity index (χ0n) is 21.3. The summed E-state index contributed by atoms with van der Waals surface area (Å²) in [4.78, 5) is 41.0. The van der Waals surface area contributed by atoms with Crippen LogP contribution < -0.4 is 15.5 Å². The van der Waals surface area contributed by atoms with Crippen molar-refractivity contribution in [2.75, 3.05) is 37.7 Å². The minimum atomic E-state index is -1.04. The molecule has 0 bridgehead atoms. The Morgan fingerprint density at radius 1 is 1.05 bits per heavy atom. The average molecular weight is 531 g/mol. The third kappa shape index (κ3) is 5.80. The van der Waals surface area contributed by atoms with Crippen LogP contribution in [0.5, 0.6) is 0 Å². The number of carboxylic acids is 1. The molecule has 1 unspecified atom stereocenters. The molecule has 3 heterocycles. The van der Waals surface area contributed by atoms with Gasteiger partial charge in [-0.2, -0.15) is 0 Å². The van der Waals surface area contributed by atoms with E-state index >= 15 is 0 Å². The summed E-state index contributed by atoms with van der Waals surface area (Å²) in [5.74, 6) is -2.85. The largest absolute Gasteiger partial charge is 0.505 e. The number of carbonyl (C=O) groups is 3. The van der Waals surface area contributed by atoms with Crippen molar-refractivity contribution in [1.82, 2.24) is 15.5 Å². The van der Waals surface area contributed by atoms with Gasteiger partial charge in [0.1, 0.15) is 5.70 Å². The molecule has 0 radical (unpaired) electrons. The number of amides is 2. The van der Waals surface area contributed by atoms with Gasteiger partial charge in [-0.05, 0) is 23.3 Å². The van der Waals surface area contributed by atoms with Crippen LogP contribution in [0.1, 0.15) is 23.5 Å². The van der Waals surface area contributed by atoms with Crippen molar-refractivity contribution < 1.29 is 29.3 Å². The highest BCUT2D eigenvalue weighted by Gasteiger charge is 2.35. The van der Waals surface area contributed by atoms with Crippen LogP contribution in [0.3, 0.4) is 0 Å². The molecule has 0 spiro atoms. The number of ether oxygens (including phenoxy) is 1. The third-order valence-corrected chi connectivity index (χ3v) is 6.88. The van der Waals surface area contributed by atoms with E-state index in [0.717, 1.165) is 29.9 Å². The Labute approximate surface area is 225 Å². The van der Waals surface area contributed by atoms with Crippen LogP contribution in [0.15, 0.2) is 89.6 Å². The average Bonchev–Trinajstić information content (AvgIpc) is 2.94. The lowest BCUT2D eigenvalue weighted by Gasteiger charge is -2.34. The molecule has 3 aliphatic heterocycles. The highest BCUT2D eigenvalue weighted by atomic mass is 16.5. The van der Waals surface area contributed by atoms with Gasteiger partial charge < -0.3 is 35.4 Å². The Hall–Kier alpha value is -4.57. The van der Waals surface area contributed by atoms with Crippen LogP contribution in [0.4, 0.5) is 5.69 Å². The van der Waals surface area contributed by atoms with Crippen LogP contribution >= 0.6 is 0 Å². The third-order valence-electron chi connectivity index (χ3n) is 6.88. The number of aliphatic hydroxyl groups is 1. The second-order valence-electron chi connectivity index (χ2n) is 9.49. The molecule has 3 aliphatic rings. The molecule has 1 saturated heterocycles. The molecule has 10 heteroatoms. The maximum absolute atomic E-state index is 13.2. The Bertz CT molecular complexity index is 1340. The van der Waals surface area contributed by atoms with Gasteiger partial charge >= 0.3 is 5.97 Å². The van der Waals surface area contributed by atoms with Crippen molar-refractivity contribution in [3.05, 3.63) is 101 Å². The summed E-state index contributed by atoms with van der Waals surface area (Å²) in [6, 6.07) is 17.1. The molecular formula is C29H30N4O6. The van der Waals surface area contributed by atoms with E-state index in [9.17, 15) is 19.5 Å². The van der Waals surface area contributed by atoms with Crippen LogP contribution in [0, 0.1) is 0 Å². The van der Waals surface area contributed by atoms with E-state index in [4.69, 9.17) is 9.84 Å². The van der Waals surface area contributed by atoms with Gasteiger partial charge in [-0.15, -0.1) is 0 Å². The highest BCUT2D eigenvalue weighted by Crippen LogP contribution is 2.35. The van der Waals surface area contributed by atoms with E-state index in [0.29, 0.717) is 24.5 Å². The zero-order chi connectivity index (χ0) is 27.4. The summed E-state index contributed by atoms with van der Waals surface area (Å²) >= 11 is 0. The normalized spacial score (nSPS) is 19.1. The Kier molecular flexibility index (Phi) is 7.64. The fourth-order valence-electron chi connectivity index (χ4n) is 4.87. The van der Waals surface area contributed by atoms with Gasteiger partial charge in [0.25, 0.3) is 5.91 Å². The summed E-state index contributed by atoms with van der Waals surface area (Å²) in [5, 5.41) is 25.8. The minimum Gasteiger partial charge on any atom is -0.505 e. The Balaban J connectivity index is 1.45. The van der Waals surface area contributed by atoms with Crippen molar-refractivity contribution in [2.24, 2.45) is 0 Å². The Morgan fingerprint density at radius 2 is 1.77 bits per heavy atom. The van der Waals surface area contributed by atoms with Gasteiger partial charge in [-0.25, -0.2) is 0 Å². The van der Waals surface area contributed by atoms with Crippen LogP contribution in [0.2, 0.25) is 0 Å². The van der Waals surface area contributed by atoms with E-state index in [1.54, 1.807) is 17.2 Å². The maximum Gasteiger partial charge on any atom is 0.305 e. The molecule has 5 rings (SSSR count). The van der Waals surface area contributed by atoms with E-state index in [1.807, 2.05) is 54.6 Å². The predicted octanol–water partition coefficient (Wildman–Crippen LogP) is 2.38. The second kappa shape index (κ2) is 11.4. The van der Waals surface area contributed by atoms with Gasteiger partial charge in [0.05, 0.1) is 31.2 Å². The molecule has 2 amide bonds. The minimum absolute atomic E-state index is 0.0168.